The minimum atomic E-state index is -0.334. The van der Waals surface area contributed by atoms with Crippen molar-refractivity contribution in [2.24, 2.45) is 0 Å². The Morgan fingerprint density at radius 1 is 1.26 bits per heavy atom. The van der Waals surface area contributed by atoms with Gasteiger partial charge in [-0.05, 0) is 43.5 Å². The van der Waals surface area contributed by atoms with Crippen molar-refractivity contribution in [3.63, 3.8) is 0 Å². The highest BCUT2D eigenvalue weighted by Gasteiger charge is 2.17. The second kappa shape index (κ2) is 8.60. The van der Waals surface area contributed by atoms with Gasteiger partial charge in [0.1, 0.15) is 5.25 Å². The molecule has 0 bridgehead atoms. The number of halogens is 1. The fourth-order valence-electron chi connectivity index (χ4n) is 2.86. The number of aryl methyl sites for hydroxylation is 1. The van der Waals surface area contributed by atoms with Crippen LogP contribution in [-0.2, 0) is 13.0 Å². The minimum absolute atomic E-state index is 0.0898. The molecule has 0 unspecified atom stereocenters. The normalized spacial score (nSPS) is 12.1. The highest BCUT2D eigenvalue weighted by Crippen LogP contribution is 2.26. The molecule has 0 aliphatic heterocycles. The van der Waals surface area contributed by atoms with Crippen LogP contribution in [0, 0.1) is 18.3 Å². The third kappa shape index (κ3) is 4.52. The van der Waals surface area contributed by atoms with Gasteiger partial charge < -0.3 is 0 Å². The summed E-state index contributed by atoms with van der Waals surface area (Å²) >= 11 is 7.41. The average molecular weight is 398 g/mol. The molecule has 3 aromatic rings. The Balaban J connectivity index is 1.98. The molecule has 0 spiro atoms. The van der Waals surface area contributed by atoms with Gasteiger partial charge in [-0.1, -0.05) is 60.1 Å². The molecule has 1 atom stereocenters. The van der Waals surface area contributed by atoms with Gasteiger partial charge in [0, 0.05) is 11.6 Å². The van der Waals surface area contributed by atoms with Crippen LogP contribution in [0.25, 0.3) is 10.9 Å². The van der Waals surface area contributed by atoms with Crippen molar-refractivity contribution < 1.29 is 0 Å². The Labute approximate surface area is 167 Å². The van der Waals surface area contributed by atoms with Crippen LogP contribution in [0.1, 0.15) is 24.5 Å². The number of hydrogen-bond donors (Lipinski definition) is 0. The van der Waals surface area contributed by atoms with E-state index in [9.17, 15) is 10.1 Å². The van der Waals surface area contributed by atoms with Crippen LogP contribution in [0.3, 0.4) is 0 Å². The van der Waals surface area contributed by atoms with Gasteiger partial charge in [0.25, 0.3) is 5.56 Å². The van der Waals surface area contributed by atoms with Gasteiger partial charge in [0.2, 0.25) is 0 Å². The fraction of sp³-hybridized carbons (Fsp3) is 0.286. The Morgan fingerprint density at radius 3 is 2.67 bits per heavy atom. The predicted octanol–water partition coefficient (Wildman–Crippen LogP) is 5.00. The molecule has 4 nitrogen and oxygen atoms in total. The molecule has 0 aliphatic carbocycles. The molecule has 27 heavy (non-hydrogen) atoms. The maximum atomic E-state index is 12.9. The first-order chi connectivity index (χ1) is 13.0. The predicted molar refractivity (Wildman–Crippen MR) is 111 cm³/mol. The number of nitrogens with zero attached hydrogens (tertiary/aromatic N) is 3. The second-order valence-corrected chi connectivity index (χ2v) is 8.04. The van der Waals surface area contributed by atoms with Gasteiger partial charge in [0.05, 0.1) is 17.0 Å². The van der Waals surface area contributed by atoms with Gasteiger partial charge in [-0.2, -0.15) is 5.26 Å². The molecule has 0 saturated carbocycles. The molecule has 1 heterocycles. The Morgan fingerprint density at radius 2 is 2.00 bits per heavy atom. The van der Waals surface area contributed by atoms with E-state index >= 15 is 0 Å². The van der Waals surface area contributed by atoms with Gasteiger partial charge >= 0.3 is 0 Å². The Bertz CT molecular complexity index is 1050. The quantitative estimate of drug-likeness (QED) is 0.434. The van der Waals surface area contributed by atoms with Gasteiger partial charge in [-0.3, -0.25) is 9.36 Å². The zero-order valence-corrected chi connectivity index (χ0v) is 16.8. The van der Waals surface area contributed by atoms with E-state index in [1.807, 2.05) is 38.1 Å². The summed E-state index contributed by atoms with van der Waals surface area (Å²) in [4.78, 5) is 17.5. The van der Waals surface area contributed by atoms with Crippen LogP contribution < -0.4 is 5.56 Å². The third-order valence-corrected chi connectivity index (χ3v) is 5.58. The van der Waals surface area contributed by atoms with Crippen LogP contribution >= 0.6 is 23.4 Å². The lowest BCUT2D eigenvalue weighted by Gasteiger charge is -2.15. The standard InChI is InChI=1S/C21H20ClN3OS/c1-3-10-25-20(26)18-9-8-16(22)12-19(18)24-21(25)27-17(13-23)11-15-6-4-14(2)5-7-15/h4-9,12,17H,3,10-11H2,1-2H3/t17-/m1/s1. The van der Waals surface area contributed by atoms with Crippen LogP contribution in [0.15, 0.2) is 52.4 Å². The van der Waals surface area contributed by atoms with E-state index < -0.39 is 0 Å². The summed E-state index contributed by atoms with van der Waals surface area (Å²) in [5.41, 5.74) is 2.75. The van der Waals surface area contributed by atoms with Gasteiger partial charge in [0.15, 0.2) is 5.16 Å². The SMILES string of the molecule is CCCn1c(S[C@@H](C#N)Cc2ccc(C)cc2)nc2cc(Cl)ccc2c1=O. The smallest absolute Gasteiger partial charge is 0.262 e. The number of rotatable bonds is 6. The number of hydrogen-bond acceptors (Lipinski definition) is 4. The van der Waals surface area contributed by atoms with E-state index in [2.05, 4.69) is 11.1 Å². The number of benzene rings is 2. The van der Waals surface area contributed by atoms with Crippen LogP contribution in [-0.4, -0.2) is 14.8 Å². The summed E-state index contributed by atoms with van der Waals surface area (Å²) in [5.74, 6) is 0. The molecule has 0 N–H and O–H groups in total. The topological polar surface area (TPSA) is 58.7 Å². The molecular weight excluding hydrogens is 378 g/mol. The first-order valence-corrected chi connectivity index (χ1v) is 10.1. The number of nitriles is 1. The van der Waals surface area contributed by atoms with E-state index in [-0.39, 0.29) is 10.8 Å². The second-order valence-electron chi connectivity index (χ2n) is 6.44. The zero-order chi connectivity index (χ0) is 19.4. The van der Waals surface area contributed by atoms with E-state index in [0.29, 0.717) is 34.0 Å². The summed E-state index contributed by atoms with van der Waals surface area (Å²) in [6.07, 6.45) is 1.40. The largest absolute Gasteiger partial charge is 0.287 e. The van der Waals surface area contributed by atoms with Crippen molar-refractivity contribution in [2.75, 3.05) is 0 Å². The number of fused-ring (bicyclic) bond motifs is 1. The molecule has 2 aromatic carbocycles. The molecule has 0 fully saturated rings. The maximum absolute atomic E-state index is 12.9. The van der Waals surface area contributed by atoms with Crippen molar-refractivity contribution >= 4 is 34.3 Å². The van der Waals surface area contributed by atoms with Crippen molar-refractivity contribution in [3.05, 3.63) is 69.0 Å². The Kier molecular flexibility index (Phi) is 6.20. The molecule has 138 valence electrons. The fourth-order valence-corrected chi connectivity index (χ4v) is 4.07. The van der Waals surface area contributed by atoms with Crippen molar-refractivity contribution in [1.29, 1.82) is 5.26 Å². The lowest BCUT2D eigenvalue weighted by Crippen LogP contribution is -2.24. The van der Waals surface area contributed by atoms with E-state index in [1.165, 1.54) is 17.3 Å². The third-order valence-electron chi connectivity index (χ3n) is 4.26. The lowest BCUT2D eigenvalue weighted by molar-refractivity contribution is 0.584. The van der Waals surface area contributed by atoms with Crippen LogP contribution in [0.2, 0.25) is 5.02 Å². The summed E-state index contributed by atoms with van der Waals surface area (Å²) in [7, 11) is 0. The lowest BCUT2D eigenvalue weighted by atomic mass is 10.1. The van der Waals surface area contributed by atoms with Crippen molar-refractivity contribution in [2.45, 2.75) is 43.6 Å². The summed E-state index contributed by atoms with van der Waals surface area (Å²) < 4.78 is 1.67. The van der Waals surface area contributed by atoms with E-state index in [1.54, 1.807) is 22.8 Å². The van der Waals surface area contributed by atoms with Crippen molar-refractivity contribution in [3.8, 4) is 6.07 Å². The average Bonchev–Trinajstić information content (AvgIpc) is 2.65. The van der Waals surface area contributed by atoms with Gasteiger partial charge in [-0.25, -0.2) is 4.98 Å². The minimum Gasteiger partial charge on any atom is -0.287 e. The monoisotopic (exact) mass is 397 g/mol. The summed E-state index contributed by atoms with van der Waals surface area (Å²) in [6.45, 7) is 4.62. The summed E-state index contributed by atoms with van der Waals surface area (Å²) in [6, 6.07) is 15.6. The highest BCUT2D eigenvalue weighted by atomic mass is 35.5. The number of aromatic nitrogens is 2. The van der Waals surface area contributed by atoms with Crippen LogP contribution in [0.5, 0.6) is 0 Å². The van der Waals surface area contributed by atoms with Crippen LogP contribution in [0.4, 0.5) is 0 Å². The number of thioether (sulfide) groups is 1. The molecule has 0 saturated heterocycles. The molecule has 6 heteroatoms. The molecule has 3 rings (SSSR count). The summed E-state index contributed by atoms with van der Waals surface area (Å²) in [5, 5.41) is 11.0. The van der Waals surface area contributed by atoms with E-state index in [0.717, 1.165) is 12.0 Å². The molecular formula is C21H20ClN3OS. The first kappa shape index (κ1) is 19.5. The molecule has 0 aliphatic rings. The van der Waals surface area contributed by atoms with Crippen molar-refractivity contribution in [1.82, 2.24) is 9.55 Å². The molecule has 1 aromatic heterocycles. The highest BCUT2D eigenvalue weighted by molar-refractivity contribution is 8.00. The maximum Gasteiger partial charge on any atom is 0.262 e. The molecule has 0 amide bonds. The zero-order valence-electron chi connectivity index (χ0n) is 15.3. The Hall–Kier alpha value is -2.29. The van der Waals surface area contributed by atoms with Gasteiger partial charge in [-0.15, -0.1) is 0 Å². The first-order valence-electron chi connectivity index (χ1n) is 8.83. The molecule has 0 radical (unpaired) electrons. The van der Waals surface area contributed by atoms with E-state index in [4.69, 9.17) is 11.6 Å².